The first-order valence-corrected chi connectivity index (χ1v) is 7.12. The lowest BCUT2D eigenvalue weighted by atomic mass is 9.97. The molecule has 1 aliphatic rings. The van der Waals surface area contributed by atoms with Crippen molar-refractivity contribution in [3.8, 4) is 0 Å². The summed E-state index contributed by atoms with van der Waals surface area (Å²) in [7, 11) is 0. The summed E-state index contributed by atoms with van der Waals surface area (Å²) in [6, 6.07) is 1.97. The van der Waals surface area contributed by atoms with E-state index in [1.165, 1.54) is 0 Å². The van der Waals surface area contributed by atoms with Crippen molar-refractivity contribution in [2.24, 2.45) is 11.7 Å². The van der Waals surface area contributed by atoms with E-state index in [2.05, 4.69) is 9.88 Å². The second-order valence-electron chi connectivity index (χ2n) is 5.21. The van der Waals surface area contributed by atoms with Crippen LogP contribution in [0.15, 0.2) is 18.5 Å². The summed E-state index contributed by atoms with van der Waals surface area (Å²) >= 11 is 6.13. The van der Waals surface area contributed by atoms with Crippen molar-refractivity contribution < 1.29 is 4.79 Å². The third-order valence-corrected chi connectivity index (χ3v) is 4.02. The molecule has 0 bridgehead atoms. The first kappa shape index (κ1) is 14.3. The minimum atomic E-state index is -0.185. The number of nitrogens with two attached hydrogens (primary N) is 1. The molecule has 2 N–H and O–H groups in total. The number of halogens is 1. The molecule has 2 rings (SSSR count). The van der Waals surface area contributed by atoms with E-state index >= 15 is 0 Å². The van der Waals surface area contributed by atoms with Gasteiger partial charge in [-0.25, -0.2) is 0 Å². The van der Waals surface area contributed by atoms with Gasteiger partial charge in [-0.05, 0) is 49.9 Å². The van der Waals surface area contributed by atoms with Gasteiger partial charge in [0.25, 0.3) is 0 Å². The molecule has 1 atom stereocenters. The van der Waals surface area contributed by atoms with E-state index in [0.717, 1.165) is 49.5 Å². The van der Waals surface area contributed by atoms with Gasteiger partial charge in [0.1, 0.15) is 0 Å². The predicted molar refractivity (Wildman–Crippen MR) is 75.7 cm³/mol. The topological polar surface area (TPSA) is 59.2 Å². The van der Waals surface area contributed by atoms with Crippen LogP contribution in [0.4, 0.5) is 0 Å². The van der Waals surface area contributed by atoms with E-state index < -0.39 is 0 Å². The van der Waals surface area contributed by atoms with Gasteiger partial charge >= 0.3 is 0 Å². The highest BCUT2D eigenvalue weighted by Gasteiger charge is 2.19. The Hall–Kier alpha value is -1.13. The van der Waals surface area contributed by atoms with E-state index in [0.29, 0.717) is 12.3 Å². The molecule has 19 heavy (non-hydrogen) atoms. The monoisotopic (exact) mass is 281 g/mol. The number of aromatic nitrogens is 1. The lowest BCUT2D eigenvalue weighted by molar-refractivity contribution is -0.119. The van der Waals surface area contributed by atoms with Crippen LogP contribution >= 0.6 is 11.6 Å². The number of hydrogen-bond donors (Lipinski definition) is 1. The van der Waals surface area contributed by atoms with Gasteiger partial charge in [0.2, 0.25) is 5.91 Å². The quantitative estimate of drug-likeness (QED) is 0.920. The SMILES string of the molecule is NC(=O)CC1CCCN(Cc2ccncc2Cl)CC1. The second kappa shape index (κ2) is 6.87. The van der Waals surface area contributed by atoms with E-state index in [-0.39, 0.29) is 5.91 Å². The average molecular weight is 282 g/mol. The Labute approximate surface area is 118 Å². The fourth-order valence-electron chi connectivity index (χ4n) is 2.64. The molecular formula is C14H20ClN3O. The van der Waals surface area contributed by atoms with E-state index in [1.807, 2.05) is 6.07 Å². The normalized spacial score (nSPS) is 21.0. The van der Waals surface area contributed by atoms with Crippen LogP contribution < -0.4 is 5.73 Å². The average Bonchev–Trinajstić information content (AvgIpc) is 2.57. The van der Waals surface area contributed by atoms with E-state index in [4.69, 9.17) is 17.3 Å². The molecule has 0 saturated carbocycles. The Morgan fingerprint density at radius 2 is 2.32 bits per heavy atom. The summed E-state index contributed by atoms with van der Waals surface area (Å²) in [6.45, 7) is 2.90. The molecule has 0 aromatic carbocycles. The summed E-state index contributed by atoms with van der Waals surface area (Å²) in [5.74, 6) is 0.256. The molecule has 1 aromatic heterocycles. The fourth-order valence-corrected chi connectivity index (χ4v) is 2.82. The number of rotatable bonds is 4. The summed E-state index contributed by atoms with van der Waals surface area (Å²) in [6.07, 6.45) is 7.21. The van der Waals surface area contributed by atoms with Gasteiger partial charge in [0.05, 0.1) is 5.02 Å². The van der Waals surface area contributed by atoms with Gasteiger partial charge in [-0.1, -0.05) is 11.6 Å². The molecule has 1 unspecified atom stereocenters. The number of carbonyl (C=O) groups is 1. The van der Waals surface area contributed by atoms with E-state index in [1.54, 1.807) is 12.4 Å². The van der Waals surface area contributed by atoms with Crippen molar-refractivity contribution >= 4 is 17.5 Å². The minimum Gasteiger partial charge on any atom is -0.370 e. The molecule has 1 saturated heterocycles. The molecule has 2 heterocycles. The number of amides is 1. The Balaban J connectivity index is 1.89. The lowest BCUT2D eigenvalue weighted by Gasteiger charge is -2.20. The number of likely N-dealkylation sites (tertiary alicyclic amines) is 1. The number of nitrogens with zero attached hydrogens (tertiary/aromatic N) is 2. The number of pyridine rings is 1. The van der Waals surface area contributed by atoms with Gasteiger partial charge < -0.3 is 5.73 Å². The first-order valence-electron chi connectivity index (χ1n) is 6.74. The zero-order valence-corrected chi connectivity index (χ0v) is 11.8. The summed E-state index contributed by atoms with van der Waals surface area (Å²) in [5.41, 5.74) is 6.39. The van der Waals surface area contributed by atoms with Crippen LogP contribution in [0.2, 0.25) is 5.02 Å². The van der Waals surface area contributed by atoms with Crippen molar-refractivity contribution in [1.82, 2.24) is 9.88 Å². The molecule has 0 aliphatic carbocycles. The van der Waals surface area contributed by atoms with Crippen molar-refractivity contribution in [3.63, 3.8) is 0 Å². The first-order chi connectivity index (χ1) is 9.15. The zero-order chi connectivity index (χ0) is 13.7. The van der Waals surface area contributed by atoms with Crippen molar-refractivity contribution in [2.45, 2.75) is 32.2 Å². The zero-order valence-electron chi connectivity index (χ0n) is 11.0. The standard InChI is InChI=1S/C14H20ClN3O/c15-13-9-17-5-3-12(13)10-18-6-1-2-11(4-7-18)8-14(16)19/h3,5,9,11H,1-2,4,6-8,10H2,(H2,16,19). The molecule has 0 spiro atoms. The lowest BCUT2D eigenvalue weighted by Crippen LogP contribution is -2.25. The van der Waals surface area contributed by atoms with Crippen LogP contribution in [0, 0.1) is 5.92 Å². The third kappa shape index (κ3) is 4.48. The molecule has 1 fully saturated rings. The van der Waals surface area contributed by atoms with E-state index in [9.17, 15) is 4.79 Å². The Morgan fingerprint density at radius 3 is 3.05 bits per heavy atom. The number of carbonyl (C=O) groups excluding carboxylic acids is 1. The van der Waals surface area contributed by atoms with Crippen LogP contribution in [0.3, 0.4) is 0 Å². The van der Waals surface area contributed by atoms with Crippen LogP contribution in [-0.2, 0) is 11.3 Å². The van der Waals surface area contributed by atoms with Gasteiger partial charge in [0.15, 0.2) is 0 Å². The molecule has 5 heteroatoms. The summed E-state index contributed by atoms with van der Waals surface area (Å²) in [5, 5.41) is 0.723. The van der Waals surface area contributed by atoms with Crippen LogP contribution in [0.1, 0.15) is 31.2 Å². The predicted octanol–water partition coefficient (Wildman–Crippen LogP) is 2.21. The third-order valence-electron chi connectivity index (χ3n) is 3.68. The van der Waals surface area contributed by atoms with Gasteiger partial charge in [-0.2, -0.15) is 0 Å². The highest BCUT2D eigenvalue weighted by Crippen LogP contribution is 2.23. The maximum absolute atomic E-state index is 11.0. The Morgan fingerprint density at radius 1 is 1.47 bits per heavy atom. The fraction of sp³-hybridized carbons (Fsp3) is 0.571. The molecule has 1 aliphatic heterocycles. The van der Waals surface area contributed by atoms with Gasteiger partial charge in [-0.3, -0.25) is 14.7 Å². The highest BCUT2D eigenvalue weighted by atomic mass is 35.5. The Kier molecular flexibility index (Phi) is 5.16. The maximum atomic E-state index is 11.0. The number of primary amides is 1. The summed E-state index contributed by atoms with van der Waals surface area (Å²) < 4.78 is 0. The minimum absolute atomic E-state index is 0.185. The van der Waals surface area contributed by atoms with Gasteiger partial charge in [-0.15, -0.1) is 0 Å². The summed E-state index contributed by atoms with van der Waals surface area (Å²) in [4.78, 5) is 17.4. The molecular weight excluding hydrogens is 262 g/mol. The molecule has 104 valence electrons. The largest absolute Gasteiger partial charge is 0.370 e. The molecule has 0 radical (unpaired) electrons. The molecule has 1 aromatic rings. The van der Waals surface area contributed by atoms with Crippen molar-refractivity contribution in [3.05, 3.63) is 29.0 Å². The molecule has 1 amide bonds. The highest BCUT2D eigenvalue weighted by molar-refractivity contribution is 6.31. The second-order valence-corrected chi connectivity index (χ2v) is 5.62. The number of hydrogen-bond acceptors (Lipinski definition) is 3. The van der Waals surface area contributed by atoms with Gasteiger partial charge in [0, 0.05) is 25.4 Å². The van der Waals surface area contributed by atoms with Crippen LogP contribution in [0.5, 0.6) is 0 Å². The maximum Gasteiger partial charge on any atom is 0.217 e. The molecule has 4 nitrogen and oxygen atoms in total. The smallest absolute Gasteiger partial charge is 0.217 e. The van der Waals surface area contributed by atoms with Crippen LogP contribution in [-0.4, -0.2) is 28.9 Å². The van der Waals surface area contributed by atoms with Crippen molar-refractivity contribution in [2.75, 3.05) is 13.1 Å². The Bertz CT molecular complexity index is 438. The van der Waals surface area contributed by atoms with Crippen molar-refractivity contribution in [1.29, 1.82) is 0 Å². The van der Waals surface area contributed by atoms with Crippen LogP contribution in [0.25, 0.3) is 0 Å².